The van der Waals surface area contributed by atoms with Gasteiger partial charge in [-0.15, -0.1) is 0 Å². The molecule has 2 aromatic rings. The number of phenolic OH excluding ortho intramolecular Hbond substituents is 1. The summed E-state index contributed by atoms with van der Waals surface area (Å²) in [4.78, 5) is 20.3. The number of ether oxygens (including phenoxy) is 1. The fourth-order valence-corrected chi connectivity index (χ4v) is 2.34. The molecule has 2 rings (SSSR count). The highest BCUT2D eigenvalue weighted by molar-refractivity contribution is 9.10. The fourth-order valence-electron chi connectivity index (χ4n) is 1.88. The summed E-state index contributed by atoms with van der Waals surface area (Å²) >= 11 is 3.16. The number of nitrogens with zero attached hydrogens (tertiary/aromatic N) is 3. The summed E-state index contributed by atoms with van der Waals surface area (Å²) in [6.07, 6.45) is 1.35. The zero-order valence-corrected chi connectivity index (χ0v) is 14.3. The number of non-ortho nitro benzene ring substituents is 1. The molecule has 0 unspecified atom stereocenters. The molecule has 0 aliphatic carbocycles. The van der Waals surface area contributed by atoms with E-state index >= 15 is 0 Å². The maximum atomic E-state index is 11.0. The number of nitrogens with one attached hydrogen (secondary N) is 1. The Morgan fingerprint density at radius 1 is 1.24 bits per heavy atom. The maximum absolute atomic E-state index is 11.0. The number of hydrogen-bond donors (Lipinski definition) is 2. The zero-order valence-electron chi connectivity index (χ0n) is 12.7. The number of rotatable bonds is 6. The summed E-state index contributed by atoms with van der Waals surface area (Å²) < 4.78 is 5.39. The summed E-state index contributed by atoms with van der Waals surface area (Å²) in [5.74, 6) is 0.149. The number of anilines is 1. The molecule has 25 heavy (non-hydrogen) atoms. The molecule has 0 saturated heterocycles. The van der Waals surface area contributed by atoms with E-state index in [-0.39, 0.29) is 17.2 Å². The van der Waals surface area contributed by atoms with Crippen LogP contribution >= 0.6 is 15.9 Å². The van der Waals surface area contributed by atoms with Crippen molar-refractivity contribution in [1.82, 2.24) is 0 Å². The van der Waals surface area contributed by atoms with Crippen molar-refractivity contribution >= 4 is 39.2 Å². The predicted molar refractivity (Wildman–Crippen MR) is 93.3 cm³/mol. The molecule has 11 heteroatoms. The van der Waals surface area contributed by atoms with Crippen LogP contribution in [0.25, 0.3) is 0 Å². The van der Waals surface area contributed by atoms with Crippen molar-refractivity contribution in [3.8, 4) is 11.5 Å². The third kappa shape index (κ3) is 4.20. The average Bonchev–Trinajstić information content (AvgIpc) is 2.57. The van der Waals surface area contributed by atoms with Crippen molar-refractivity contribution in [1.29, 1.82) is 0 Å². The van der Waals surface area contributed by atoms with Gasteiger partial charge in [0, 0.05) is 6.07 Å². The minimum absolute atomic E-state index is 0.00309. The third-order valence-corrected chi connectivity index (χ3v) is 3.66. The SMILES string of the molecule is COc1cc(/C=N\Nc2ccc([N+](=O)[O-])cc2[N+](=O)[O-])cc(Br)c1O. The van der Waals surface area contributed by atoms with E-state index in [1.807, 2.05) is 0 Å². The Balaban J connectivity index is 2.26. The van der Waals surface area contributed by atoms with E-state index in [0.29, 0.717) is 10.0 Å². The molecule has 0 atom stereocenters. The highest BCUT2D eigenvalue weighted by Crippen LogP contribution is 2.34. The molecule has 0 saturated carbocycles. The number of hydrazone groups is 1. The molecular weight excluding hydrogens is 400 g/mol. The van der Waals surface area contributed by atoms with E-state index in [4.69, 9.17) is 4.74 Å². The van der Waals surface area contributed by atoms with Crippen LogP contribution in [0, 0.1) is 20.2 Å². The molecule has 2 N–H and O–H groups in total. The summed E-state index contributed by atoms with van der Waals surface area (Å²) in [5, 5.41) is 35.3. The van der Waals surface area contributed by atoms with Gasteiger partial charge in [0.2, 0.25) is 0 Å². The van der Waals surface area contributed by atoms with Crippen LogP contribution in [0.15, 0.2) is 39.9 Å². The van der Waals surface area contributed by atoms with Crippen molar-refractivity contribution in [3.05, 3.63) is 60.6 Å². The molecule has 130 valence electrons. The lowest BCUT2D eigenvalue weighted by Gasteiger charge is -2.06. The van der Waals surface area contributed by atoms with Gasteiger partial charge < -0.3 is 9.84 Å². The van der Waals surface area contributed by atoms with Crippen molar-refractivity contribution in [2.45, 2.75) is 0 Å². The van der Waals surface area contributed by atoms with Crippen LogP contribution in [0.3, 0.4) is 0 Å². The Labute approximate surface area is 149 Å². The van der Waals surface area contributed by atoms with Gasteiger partial charge in [-0.2, -0.15) is 5.10 Å². The van der Waals surface area contributed by atoms with E-state index < -0.39 is 21.2 Å². The van der Waals surface area contributed by atoms with Gasteiger partial charge in [0.15, 0.2) is 11.5 Å². The Bertz CT molecular complexity index is 871. The number of halogens is 1. The van der Waals surface area contributed by atoms with Crippen molar-refractivity contribution in [2.75, 3.05) is 12.5 Å². The van der Waals surface area contributed by atoms with Crippen LogP contribution in [0.4, 0.5) is 17.1 Å². The number of benzene rings is 2. The Morgan fingerprint density at radius 3 is 2.56 bits per heavy atom. The molecule has 2 aromatic carbocycles. The molecule has 0 bridgehead atoms. The van der Waals surface area contributed by atoms with Gasteiger partial charge in [-0.3, -0.25) is 25.7 Å². The first kappa shape index (κ1) is 18.1. The van der Waals surface area contributed by atoms with Gasteiger partial charge >= 0.3 is 5.69 Å². The van der Waals surface area contributed by atoms with Crippen LogP contribution in [-0.4, -0.2) is 28.3 Å². The number of hydrogen-bond acceptors (Lipinski definition) is 8. The monoisotopic (exact) mass is 410 g/mol. The topological polar surface area (TPSA) is 140 Å². The van der Waals surface area contributed by atoms with Crippen molar-refractivity contribution in [2.24, 2.45) is 5.10 Å². The Morgan fingerprint density at radius 2 is 1.96 bits per heavy atom. The molecule has 0 aromatic heterocycles. The molecule has 10 nitrogen and oxygen atoms in total. The minimum atomic E-state index is -0.745. The molecule has 0 spiro atoms. The number of phenols is 1. The number of methoxy groups -OCH3 is 1. The first-order valence-corrected chi connectivity index (χ1v) is 7.41. The van der Waals surface area contributed by atoms with Gasteiger partial charge in [-0.05, 0) is 39.7 Å². The highest BCUT2D eigenvalue weighted by Gasteiger charge is 2.19. The first-order valence-electron chi connectivity index (χ1n) is 6.62. The number of nitro groups is 2. The van der Waals surface area contributed by atoms with E-state index in [9.17, 15) is 25.3 Å². The van der Waals surface area contributed by atoms with Crippen LogP contribution < -0.4 is 10.2 Å². The van der Waals surface area contributed by atoms with E-state index in [1.54, 1.807) is 6.07 Å². The average molecular weight is 411 g/mol. The first-order chi connectivity index (χ1) is 11.8. The molecule has 0 aliphatic rings. The lowest BCUT2D eigenvalue weighted by molar-refractivity contribution is -0.393. The van der Waals surface area contributed by atoms with E-state index in [1.165, 1.54) is 25.5 Å². The highest BCUT2D eigenvalue weighted by atomic mass is 79.9. The van der Waals surface area contributed by atoms with Crippen LogP contribution in [0.2, 0.25) is 0 Å². The van der Waals surface area contributed by atoms with Crippen LogP contribution in [0.1, 0.15) is 5.56 Å². The second-order valence-electron chi connectivity index (χ2n) is 4.64. The smallest absolute Gasteiger partial charge is 0.301 e. The lowest BCUT2D eigenvalue weighted by Crippen LogP contribution is -1.99. The molecule has 0 heterocycles. The van der Waals surface area contributed by atoms with Gasteiger partial charge in [0.05, 0.1) is 33.7 Å². The second kappa shape index (κ2) is 7.57. The normalized spacial score (nSPS) is 10.6. The van der Waals surface area contributed by atoms with Crippen LogP contribution in [-0.2, 0) is 0 Å². The van der Waals surface area contributed by atoms with E-state index in [0.717, 1.165) is 12.1 Å². The van der Waals surface area contributed by atoms with Crippen molar-refractivity contribution in [3.63, 3.8) is 0 Å². The Hall–Kier alpha value is -3.21. The van der Waals surface area contributed by atoms with E-state index in [2.05, 4.69) is 26.5 Å². The minimum Gasteiger partial charge on any atom is -0.503 e. The molecule has 0 radical (unpaired) electrons. The third-order valence-electron chi connectivity index (χ3n) is 3.06. The predicted octanol–water partition coefficient (Wildman–Crippen LogP) is 3.43. The van der Waals surface area contributed by atoms with Crippen molar-refractivity contribution < 1.29 is 19.7 Å². The van der Waals surface area contributed by atoms with Crippen LogP contribution in [0.5, 0.6) is 11.5 Å². The summed E-state index contributed by atoms with van der Waals surface area (Å²) in [7, 11) is 1.39. The van der Waals surface area contributed by atoms with Gasteiger partial charge in [0.25, 0.3) is 5.69 Å². The summed E-state index contributed by atoms with van der Waals surface area (Å²) in [6, 6.07) is 6.24. The second-order valence-corrected chi connectivity index (χ2v) is 5.49. The molecule has 0 aliphatic heterocycles. The standard InChI is InChI=1S/C14H11BrN4O6/c1-25-13-5-8(4-10(15)14(13)20)7-16-17-11-3-2-9(18(21)22)6-12(11)19(23)24/h2-7,17,20H,1H3/b16-7-. The van der Waals surface area contributed by atoms with Gasteiger partial charge in [-0.25, -0.2) is 0 Å². The van der Waals surface area contributed by atoms with Gasteiger partial charge in [-0.1, -0.05) is 0 Å². The number of nitro benzene ring substituents is 2. The summed E-state index contributed by atoms with van der Waals surface area (Å²) in [5.41, 5.74) is 2.13. The maximum Gasteiger partial charge on any atom is 0.301 e. The quantitative estimate of drug-likeness (QED) is 0.422. The molecule has 0 amide bonds. The number of aromatic hydroxyl groups is 1. The van der Waals surface area contributed by atoms with Gasteiger partial charge in [0.1, 0.15) is 5.69 Å². The largest absolute Gasteiger partial charge is 0.503 e. The summed E-state index contributed by atoms with van der Waals surface area (Å²) in [6.45, 7) is 0. The zero-order chi connectivity index (χ0) is 18.6. The molecule has 0 fully saturated rings. The fraction of sp³-hybridized carbons (Fsp3) is 0.0714. The lowest BCUT2D eigenvalue weighted by atomic mass is 10.2. The molecular formula is C14H11BrN4O6. The Kier molecular flexibility index (Phi) is 5.49.